The molecule has 0 radical (unpaired) electrons. The van der Waals surface area contributed by atoms with Crippen molar-refractivity contribution in [2.24, 2.45) is 0 Å². The number of rotatable bonds is 2. The number of aryl methyl sites for hydroxylation is 1. The molecule has 0 aromatic heterocycles. The molecule has 1 fully saturated rings. The second-order valence-electron chi connectivity index (χ2n) is 5.95. The highest BCUT2D eigenvalue weighted by molar-refractivity contribution is 5.42. The lowest BCUT2D eigenvalue weighted by Crippen LogP contribution is -2.38. The van der Waals surface area contributed by atoms with Gasteiger partial charge in [0.05, 0.1) is 0 Å². The molecule has 2 nitrogen and oxygen atoms in total. The second-order valence-corrected chi connectivity index (χ2v) is 5.95. The number of aliphatic hydroxyl groups excluding tert-OH is 1. The van der Waals surface area contributed by atoms with E-state index < -0.39 is 0 Å². The number of hydrogen-bond acceptors (Lipinski definition) is 2. The first kappa shape index (κ1) is 12.0. The third-order valence-corrected chi connectivity index (χ3v) is 4.54. The molecule has 0 bridgehead atoms. The highest BCUT2D eigenvalue weighted by Gasteiger charge is 2.42. The Kier molecular flexibility index (Phi) is 3.06. The fourth-order valence-electron chi connectivity index (χ4n) is 3.65. The SMILES string of the molecule is Cc1ccc2c(c1)C(CCO)CC1(CCCC1)O2. The molecule has 18 heavy (non-hydrogen) atoms. The van der Waals surface area contributed by atoms with Crippen LogP contribution in [-0.2, 0) is 0 Å². The Labute approximate surface area is 109 Å². The Morgan fingerprint density at radius 3 is 2.83 bits per heavy atom. The predicted octanol–water partition coefficient (Wildman–Crippen LogP) is 3.56. The summed E-state index contributed by atoms with van der Waals surface area (Å²) in [5, 5.41) is 9.30. The molecule has 0 amide bonds. The molecule has 1 saturated carbocycles. The molecular weight excluding hydrogens is 224 g/mol. The molecule has 1 spiro atoms. The van der Waals surface area contributed by atoms with E-state index in [-0.39, 0.29) is 12.2 Å². The minimum Gasteiger partial charge on any atom is -0.487 e. The first-order chi connectivity index (χ1) is 8.72. The molecule has 1 atom stereocenters. The van der Waals surface area contributed by atoms with Gasteiger partial charge < -0.3 is 9.84 Å². The number of benzene rings is 1. The molecule has 1 aromatic rings. The number of ether oxygens (including phenoxy) is 1. The summed E-state index contributed by atoms with van der Waals surface area (Å²) in [6, 6.07) is 6.48. The van der Waals surface area contributed by atoms with Gasteiger partial charge in [-0.05, 0) is 63.0 Å². The van der Waals surface area contributed by atoms with E-state index >= 15 is 0 Å². The van der Waals surface area contributed by atoms with E-state index in [0.29, 0.717) is 5.92 Å². The highest BCUT2D eigenvalue weighted by Crippen LogP contribution is 2.49. The van der Waals surface area contributed by atoms with Crippen LogP contribution in [0.1, 0.15) is 55.6 Å². The topological polar surface area (TPSA) is 29.5 Å². The van der Waals surface area contributed by atoms with Gasteiger partial charge in [0.25, 0.3) is 0 Å². The van der Waals surface area contributed by atoms with Crippen molar-refractivity contribution in [2.45, 2.75) is 57.0 Å². The van der Waals surface area contributed by atoms with Crippen LogP contribution >= 0.6 is 0 Å². The van der Waals surface area contributed by atoms with E-state index in [2.05, 4.69) is 25.1 Å². The number of hydrogen-bond donors (Lipinski definition) is 1. The molecule has 3 rings (SSSR count). The average molecular weight is 246 g/mol. The molecule has 1 heterocycles. The monoisotopic (exact) mass is 246 g/mol. The fraction of sp³-hybridized carbons (Fsp3) is 0.625. The lowest BCUT2D eigenvalue weighted by molar-refractivity contribution is 0.0381. The predicted molar refractivity (Wildman–Crippen MR) is 72.1 cm³/mol. The first-order valence-corrected chi connectivity index (χ1v) is 7.13. The van der Waals surface area contributed by atoms with Crippen LogP contribution in [0.2, 0.25) is 0 Å². The molecule has 1 aromatic carbocycles. The van der Waals surface area contributed by atoms with Crippen molar-refractivity contribution in [3.63, 3.8) is 0 Å². The maximum atomic E-state index is 9.30. The third-order valence-electron chi connectivity index (χ3n) is 4.54. The van der Waals surface area contributed by atoms with E-state index in [4.69, 9.17) is 4.74 Å². The minimum atomic E-state index is 0.0715. The molecule has 1 N–H and O–H groups in total. The summed E-state index contributed by atoms with van der Waals surface area (Å²) in [6.07, 6.45) is 6.89. The molecule has 1 aliphatic heterocycles. The van der Waals surface area contributed by atoms with Crippen LogP contribution in [0.15, 0.2) is 18.2 Å². The molecule has 2 heteroatoms. The van der Waals surface area contributed by atoms with E-state index in [1.54, 1.807) is 0 Å². The number of fused-ring (bicyclic) bond motifs is 1. The highest BCUT2D eigenvalue weighted by atomic mass is 16.5. The van der Waals surface area contributed by atoms with Crippen LogP contribution in [0.3, 0.4) is 0 Å². The summed E-state index contributed by atoms with van der Waals surface area (Å²) in [5.74, 6) is 1.53. The Morgan fingerprint density at radius 2 is 2.11 bits per heavy atom. The van der Waals surface area contributed by atoms with E-state index in [9.17, 15) is 5.11 Å². The Balaban J connectivity index is 1.97. The maximum Gasteiger partial charge on any atom is 0.123 e. The van der Waals surface area contributed by atoms with Gasteiger partial charge in [0.1, 0.15) is 11.4 Å². The standard InChI is InChI=1S/C16H22O2/c1-12-4-5-15-14(10-12)13(6-9-17)11-16(18-15)7-2-3-8-16/h4-5,10,13,17H,2-3,6-9,11H2,1H3. The van der Waals surface area contributed by atoms with Crippen LogP contribution in [0.4, 0.5) is 0 Å². The van der Waals surface area contributed by atoms with E-state index in [1.165, 1.54) is 36.8 Å². The van der Waals surface area contributed by atoms with Gasteiger partial charge in [0.15, 0.2) is 0 Å². The summed E-state index contributed by atoms with van der Waals surface area (Å²) in [5.41, 5.74) is 2.66. The summed E-state index contributed by atoms with van der Waals surface area (Å²) in [4.78, 5) is 0. The lowest BCUT2D eigenvalue weighted by atomic mass is 9.79. The summed E-state index contributed by atoms with van der Waals surface area (Å²) < 4.78 is 6.33. The molecule has 2 aliphatic rings. The molecular formula is C16H22O2. The number of aliphatic hydroxyl groups is 1. The maximum absolute atomic E-state index is 9.30. The van der Waals surface area contributed by atoms with Gasteiger partial charge >= 0.3 is 0 Å². The second kappa shape index (κ2) is 4.58. The van der Waals surface area contributed by atoms with Crippen molar-refractivity contribution in [3.8, 4) is 5.75 Å². The van der Waals surface area contributed by atoms with Crippen LogP contribution in [0.25, 0.3) is 0 Å². The van der Waals surface area contributed by atoms with Gasteiger partial charge in [-0.2, -0.15) is 0 Å². The van der Waals surface area contributed by atoms with Crippen molar-refractivity contribution in [2.75, 3.05) is 6.61 Å². The van der Waals surface area contributed by atoms with Gasteiger partial charge in [0, 0.05) is 6.61 Å². The van der Waals surface area contributed by atoms with Gasteiger partial charge in [-0.1, -0.05) is 17.7 Å². The van der Waals surface area contributed by atoms with Crippen molar-refractivity contribution in [1.29, 1.82) is 0 Å². The van der Waals surface area contributed by atoms with Crippen LogP contribution < -0.4 is 4.74 Å². The zero-order valence-corrected chi connectivity index (χ0v) is 11.1. The van der Waals surface area contributed by atoms with Crippen molar-refractivity contribution in [3.05, 3.63) is 29.3 Å². The fourth-order valence-corrected chi connectivity index (χ4v) is 3.65. The summed E-state index contributed by atoms with van der Waals surface area (Å²) in [7, 11) is 0. The largest absolute Gasteiger partial charge is 0.487 e. The average Bonchev–Trinajstić information content (AvgIpc) is 2.79. The van der Waals surface area contributed by atoms with Crippen LogP contribution in [0.5, 0.6) is 5.75 Å². The molecule has 98 valence electrons. The summed E-state index contributed by atoms with van der Waals surface area (Å²) >= 11 is 0. The molecule has 1 unspecified atom stereocenters. The van der Waals surface area contributed by atoms with Gasteiger partial charge in [-0.15, -0.1) is 0 Å². The van der Waals surface area contributed by atoms with E-state index in [1.807, 2.05) is 0 Å². The van der Waals surface area contributed by atoms with E-state index in [0.717, 1.165) is 18.6 Å². The quantitative estimate of drug-likeness (QED) is 0.864. The Bertz CT molecular complexity index is 433. The van der Waals surface area contributed by atoms with Gasteiger partial charge in [0.2, 0.25) is 0 Å². The Hall–Kier alpha value is -1.02. The molecule has 0 saturated heterocycles. The summed E-state index contributed by atoms with van der Waals surface area (Å²) in [6.45, 7) is 2.39. The van der Waals surface area contributed by atoms with Gasteiger partial charge in [-0.3, -0.25) is 0 Å². The molecule has 1 aliphatic carbocycles. The van der Waals surface area contributed by atoms with Crippen molar-refractivity contribution < 1.29 is 9.84 Å². The zero-order valence-electron chi connectivity index (χ0n) is 11.1. The lowest BCUT2D eigenvalue weighted by Gasteiger charge is -2.40. The van der Waals surface area contributed by atoms with Gasteiger partial charge in [-0.25, -0.2) is 0 Å². The van der Waals surface area contributed by atoms with Crippen LogP contribution in [-0.4, -0.2) is 17.3 Å². The first-order valence-electron chi connectivity index (χ1n) is 7.13. The van der Waals surface area contributed by atoms with Crippen LogP contribution in [0, 0.1) is 6.92 Å². The Morgan fingerprint density at radius 1 is 1.33 bits per heavy atom. The van der Waals surface area contributed by atoms with Crippen molar-refractivity contribution in [1.82, 2.24) is 0 Å². The zero-order chi connectivity index (χ0) is 12.6. The third kappa shape index (κ3) is 2.03. The smallest absolute Gasteiger partial charge is 0.123 e. The van der Waals surface area contributed by atoms with Crippen molar-refractivity contribution >= 4 is 0 Å². The normalized spacial score (nSPS) is 24.9. The minimum absolute atomic E-state index is 0.0715.